The van der Waals surface area contributed by atoms with Crippen LogP contribution in [0, 0.1) is 0 Å². The lowest BCUT2D eigenvalue weighted by Crippen LogP contribution is -2.30. The summed E-state index contributed by atoms with van der Waals surface area (Å²) < 4.78 is 16.8. The summed E-state index contributed by atoms with van der Waals surface area (Å²) >= 11 is 0. The van der Waals surface area contributed by atoms with Gasteiger partial charge in [0.05, 0.1) is 0 Å². The number of rotatable bonds is 46. The van der Waals surface area contributed by atoms with Gasteiger partial charge in [-0.3, -0.25) is 14.4 Å². The normalized spacial score (nSPS) is 13.1. The highest BCUT2D eigenvalue weighted by Crippen LogP contribution is 2.13. The molecule has 0 saturated carbocycles. The van der Waals surface area contributed by atoms with Gasteiger partial charge in [0.2, 0.25) is 0 Å². The van der Waals surface area contributed by atoms with Crippen LogP contribution in [0.4, 0.5) is 0 Å². The first-order valence-electron chi connectivity index (χ1n) is 26.7. The predicted molar refractivity (Wildman–Crippen MR) is 283 cm³/mol. The third kappa shape index (κ3) is 50.8. The molecule has 0 fully saturated rings. The van der Waals surface area contributed by atoms with E-state index in [9.17, 15) is 14.4 Å². The van der Waals surface area contributed by atoms with E-state index in [-0.39, 0.29) is 37.5 Å². The van der Waals surface area contributed by atoms with E-state index >= 15 is 0 Å². The zero-order chi connectivity index (χ0) is 47.9. The first kappa shape index (κ1) is 61.8. The summed E-state index contributed by atoms with van der Waals surface area (Å²) in [4.78, 5) is 38.0. The topological polar surface area (TPSA) is 78.9 Å². The molecule has 0 amide bonds. The standard InChI is InChI=1S/C60H96O6/c1-4-7-10-13-16-19-22-25-27-29-31-33-35-38-41-44-47-50-53-59(62)65-56-57(55-64-58(61)52-49-46-43-40-37-24-21-18-15-12-9-6-3)66-60(63)54-51-48-45-42-39-36-34-32-30-28-26-23-20-17-14-11-8-5-2/h10,13,16-23,25-34,57H,4-9,11-12,14-15,24,35-56H2,1-3H3/b13-10-,19-16-,20-17-,21-18-,25-22-,26-23-,29-27-,30-28-,33-31-,34-32-. The molecule has 6 nitrogen and oxygen atoms in total. The van der Waals surface area contributed by atoms with E-state index in [0.717, 1.165) is 122 Å². The van der Waals surface area contributed by atoms with Crippen LogP contribution in [0.5, 0.6) is 0 Å². The van der Waals surface area contributed by atoms with E-state index in [0.29, 0.717) is 12.8 Å². The van der Waals surface area contributed by atoms with Gasteiger partial charge in [0.1, 0.15) is 13.2 Å². The Morgan fingerprint density at radius 1 is 0.303 bits per heavy atom. The summed E-state index contributed by atoms with van der Waals surface area (Å²) in [6.07, 6.45) is 73.1. The lowest BCUT2D eigenvalue weighted by atomic mass is 10.1. The number of hydrogen-bond donors (Lipinski definition) is 0. The van der Waals surface area contributed by atoms with Gasteiger partial charge in [0.25, 0.3) is 0 Å². The predicted octanol–water partition coefficient (Wildman–Crippen LogP) is 17.7. The van der Waals surface area contributed by atoms with Gasteiger partial charge in [-0.25, -0.2) is 0 Å². The molecular formula is C60H96O6. The minimum atomic E-state index is -0.808. The molecule has 0 aliphatic carbocycles. The van der Waals surface area contributed by atoms with Crippen LogP contribution in [-0.2, 0) is 28.6 Å². The second kappa shape index (κ2) is 53.4. The Balaban J connectivity index is 4.52. The Labute approximate surface area is 405 Å². The summed E-state index contributed by atoms with van der Waals surface area (Å²) in [6, 6.07) is 0. The van der Waals surface area contributed by atoms with Crippen molar-refractivity contribution in [2.24, 2.45) is 0 Å². The van der Waals surface area contributed by atoms with E-state index in [1.807, 2.05) is 30.4 Å². The van der Waals surface area contributed by atoms with Crippen LogP contribution in [0.2, 0.25) is 0 Å². The highest BCUT2D eigenvalue weighted by Gasteiger charge is 2.19. The van der Waals surface area contributed by atoms with Gasteiger partial charge in [-0.1, -0.05) is 232 Å². The lowest BCUT2D eigenvalue weighted by Gasteiger charge is -2.18. The molecule has 66 heavy (non-hydrogen) atoms. The summed E-state index contributed by atoms with van der Waals surface area (Å²) in [6.45, 7) is 6.42. The van der Waals surface area contributed by atoms with Crippen LogP contribution in [0.1, 0.15) is 220 Å². The van der Waals surface area contributed by atoms with E-state index in [2.05, 4.69) is 112 Å². The molecule has 0 aromatic heterocycles. The maximum absolute atomic E-state index is 12.8. The van der Waals surface area contributed by atoms with Crippen molar-refractivity contribution in [1.29, 1.82) is 0 Å². The molecule has 0 rings (SSSR count). The average molecular weight is 913 g/mol. The number of esters is 3. The van der Waals surface area contributed by atoms with Crippen LogP contribution in [0.25, 0.3) is 0 Å². The molecule has 0 heterocycles. The molecule has 0 aliphatic rings. The highest BCUT2D eigenvalue weighted by molar-refractivity contribution is 5.71. The molecule has 0 aliphatic heterocycles. The molecule has 0 aromatic carbocycles. The molecule has 372 valence electrons. The number of allylic oxidation sites excluding steroid dienone is 20. The fourth-order valence-corrected chi connectivity index (χ4v) is 6.83. The summed E-state index contributed by atoms with van der Waals surface area (Å²) in [5, 5.41) is 0. The maximum Gasteiger partial charge on any atom is 0.306 e. The maximum atomic E-state index is 12.8. The third-order valence-electron chi connectivity index (χ3n) is 10.9. The Hall–Kier alpha value is -4.19. The summed E-state index contributed by atoms with van der Waals surface area (Å²) in [5.74, 6) is -0.968. The van der Waals surface area contributed by atoms with Crippen molar-refractivity contribution in [1.82, 2.24) is 0 Å². The number of carbonyl (C=O) groups is 3. The highest BCUT2D eigenvalue weighted by atomic mass is 16.6. The van der Waals surface area contributed by atoms with Crippen LogP contribution in [0.3, 0.4) is 0 Å². The molecule has 0 spiro atoms. The van der Waals surface area contributed by atoms with Gasteiger partial charge in [-0.05, 0) is 89.9 Å². The largest absolute Gasteiger partial charge is 0.462 e. The quantitative estimate of drug-likeness (QED) is 0.0199. The van der Waals surface area contributed by atoms with Gasteiger partial charge in [0, 0.05) is 19.3 Å². The van der Waals surface area contributed by atoms with Crippen molar-refractivity contribution in [3.63, 3.8) is 0 Å². The zero-order valence-electron chi connectivity index (χ0n) is 42.4. The summed E-state index contributed by atoms with van der Waals surface area (Å²) in [7, 11) is 0. The van der Waals surface area contributed by atoms with Gasteiger partial charge in [0.15, 0.2) is 6.10 Å². The van der Waals surface area contributed by atoms with E-state index in [1.54, 1.807) is 0 Å². The molecule has 6 heteroatoms. The molecule has 1 atom stereocenters. The molecule has 0 bridgehead atoms. The Morgan fingerprint density at radius 3 is 0.955 bits per heavy atom. The Morgan fingerprint density at radius 2 is 0.591 bits per heavy atom. The lowest BCUT2D eigenvalue weighted by molar-refractivity contribution is -0.167. The second-order valence-corrected chi connectivity index (χ2v) is 17.3. The van der Waals surface area contributed by atoms with Gasteiger partial charge < -0.3 is 14.2 Å². The molecule has 0 radical (unpaired) electrons. The first-order valence-corrected chi connectivity index (χ1v) is 26.7. The Kier molecular flexibility index (Phi) is 50.0. The van der Waals surface area contributed by atoms with Crippen molar-refractivity contribution in [2.45, 2.75) is 226 Å². The number of unbranched alkanes of at least 4 members (excludes halogenated alkanes) is 22. The van der Waals surface area contributed by atoms with Crippen LogP contribution in [-0.4, -0.2) is 37.2 Å². The third-order valence-corrected chi connectivity index (χ3v) is 10.9. The van der Waals surface area contributed by atoms with E-state index < -0.39 is 6.10 Å². The number of hydrogen-bond acceptors (Lipinski definition) is 6. The Bertz CT molecular complexity index is 1420. The molecule has 0 N–H and O–H groups in total. The van der Waals surface area contributed by atoms with Crippen LogP contribution in [0.15, 0.2) is 122 Å². The minimum Gasteiger partial charge on any atom is -0.462 e. The molecular weight excluding hydrogens is 817 g/mol. The van der Waals surface area contributed by atoms with Gasteiger partial charge in [-0.15, -0.1) is 0 Å². The van der Waals surface area contributed by atoms with E-state index in [4.69, 9.17) is 14.2 Å². The van der Waals surface area contributed by atoms with Crippen molar-refractivity contribution < 1.29 is 28.6 Å². The molecule has 1 unspecified atom stereocenters. The molecule has 0 aromatic rings. The molecule has 0 saturated heterocycles. The van der Waals surface area contributed by atoms with Gasteiger partial charge >= 0.3 is 17.9 Å². The average Bonchev–Trinajstić information content (AvgIpc) is 3.31. The van der Waals surface area contributed by atoms with Crippen molar-refractivity contribution in [3.8, 4) is 0 Å². The first-order chi connectivity index (χ1) is 32.5. The van der Waals surface area contributed by atoms with Crippen LogP contribution < -0.4 is 0 Å². The number of carbonyl (C=O) groups excluding carboxylic acids is 3. The van der Waals surface area contributed by atoms with Crippen molar-refractivity contribution in [3.05, 3.63) is 122 Å². The van der Waals surface area contributed by atoms with Crippen molar-refractivity contribution in [2.75, 3.05) is 13.2 Å². The smallest absolute Gasteiger partial charge is 0.306 e. The second-order valence-electron chi connectivity index (χ2n) is 17.3. The summed E-state index contributed by atoms with van der Waals surface area (Å²) in [5.41, 5.74) is 0. The monoisotopic (exact) mass is 913 g/mol. The minimum absolute atomic E-state index is 0.104. The van der Waals surface area contributed by atoms with Crippen LogP contribution >= 0.6 is 0 Å². The van der Waals surface area contributed by atoms with Gasteiger partial charge in [-0.2, -0.15) is 0 Å². The van der Waals surface area contributed by atoms with E-state index in [1.165, 1.54) is 57.8 Å². The zero-order valence-corrected chi connectivity index (χ0v) is 42.4. The fraction of sp³-hybridized carbons (Fsp3) is 0.617. The number of ether oxygens (including phenoxy) is 3. The SMILES string of the molecule is CCC\C=C/C=C\C=C/C=C\C=C/CCCCCCCC(=O)OCC(COC(=O)CCCCCCC/C=C\CCCCC)OC(=O)CCCCCCC\C=C/C=C\C=C/C=C\CCCCC. The fourth-order valence-electron chi connectivity index (χ4n) is 6.83. The van der Waals surface area contributed by atoms with Crippen molar-refractivity contribution >= 4 is 17.9 Å².